The van der Waals surface area contributed by atoms with Crippen LogP contribution in [0.2, 0.25) is 0 Å². The van der Waals surface area contributed by atoms with Crippen molar-refractivity contribution in [2.24, 2.45) is 0 Å². The van der Waals surface area contributed by atoms with Crippen molar-refractivity contribution in [3.8, 4) is 0 Å². The van der Waals surface area contributed by atoms with Gasteiger partial charge in [-0.15, -0.1) is 0 Å². The van der Waals surface area contributed by atoms with Gasteiger partial charge in [-0.2, -0.15) is 9.40 Å². The maximum atomic E-state index is 12.6. The van der Waals surface area contributed by atoms with Gasteiger partial charge in [0, 0.05) is 19.3 Å². The number of aliphatic hydroxyl groups is 1. The Hall–Kier alpha value is -0.920. The second-order valence-electron chi connectivity index (χ2n) is 5.33. The van der Waals surface area contributed by atoms with Crippen molar-refractivity contribution in [1.29, 1.82) is 0 Å². The van der Waals surface area contributed by atoms with E-state index in [4.69, 9.17) is 5.11 Å². The van der Waals surface area contributed by atoms with Crippen molar-refractivity contribution in [3.05, 3.63) is 12.4 Å². The fraction of sp³-hybridized carbons (Fsp3) is 0.769. The van der Waals surface area contributed by atoms with Crippen molar-refractivity contribution < 1.29 is 13.5 Å². The Morgan fingerprint density at radius 2 is 2.00 bits per heavy atom. The number of sulfonamides is 1. The van der Waals surface area contributed by atoms with Crippen molar-refractivity contribution in [2.75, 3.05) is 13.7 Å². The van der Waals surface area contributed by atoms with Crippen LogP contribution in [0.3, 0.4) is 0 Å². The van der Waals surface area contributed by atoms with E-state index in [1.807, 2.05) is 0 Å². The molecular weight excluding hydrogens is 278 g/mol. The standard InChI is InChI=1S/C13H23N3O3S/c1-15(12-6-4-2-3-5-7-12)20(18,19)13-10-14-16(11-13)8-9-17/h10-12,17H,2-9H2,1H3. The molecule has 0 unspecified atom stereocenters. The molecule has 1 N–H and O–H groups in total. The molecule has 1 fully saturated rings. The van der Waals surface area contributed by atoms with Gasteiger partial charge in [0.2, 0.25) is 10.0 Å². The summed E-state index contributed by atoms with van der Waals surface area (Å²) in [6.45, 7) is 0.252. The van der Waals surface area contributed by atoms with Crippen LogP contribution in [-0.4, -0.2) is 47.3 Å². The highest BCUT2D eigenvalue weighted by Crippen LogP contribution is 2.25. The summed E-state index contributed by atoms with van der Waals surface area (Å²) in [4.78, 5) is 0.206. The third-order valence-corrected chi connectivity index (χ3v) is 5.82. The smallest absolute Gasteiger partial charge is 0.246 e. The summed E-state index contributed by atoms with van der Waals surface area (Å²) in [6.07, 6.45) is 9.28. The maximum Gasteiger partial charge on any atom is 0.246 e. The Morgan fingerprint density at radius 1 is 1.35 bits per heavy atom. The lowest BCUT2D eigenvalue weighted by Crippen LogP contribution is -2.36. The minimum Gasteiger partial charge on any atom is -0.394 e. The largest absolute Gasteiger partial charge is 0.394 e. The predicted molar refractivity (Wildman–Crippen MR) is 75.8 cm³/mol. The molecule has 0 aliphatic heterocycles. The third kappa shape index (κ3) is 3.39. The van der Waals surface area contributed by atoms with Crippen LogP contribution < -0.4 is 0 Å². The van der Waals surface area contributed by atoms with Gasteiger partial charge >= 0.3 is 0 Å². The number of aliphatic hydroxyl groups excluding tert-OH is 1. The fourth-order valence-electron chi connectivity index (χ4n) is 2.69. The first-order valence-corrected chi connectivity index (χ1v) is 8.61. The minimum absolute atomic E-state index is 0.0559. The van der Waals surface area contributed by atoms with Crippen LogP contribution in [0.25, 0.3) is 0 Å². The van der Waals surface area contributed by atoms with Crippen molar-refractivity contribution in [1.82, 2.24) is 14.1 Å². The monoisotopic (exact) mass is 301 g/mol. The zero-order valence-electron chi connectivity index (χ0n) is 11.9. The van der Waals surface area contributed by atoms with E-state index in [-0.39, 0.29) is 17.5 Å². The molecule has 1 aliphatic carbocycles. The molecule has 2 rings (SSSR count). The average molecular weight is 301 g/mol. The molecular formula is C13H23N3O3S. The van der Waals surface area contributed by atoms with E-state index in [0.717, 1.165) is 25.7 Å². The molecule has 7 heteroatoms. The van der Waals surface area contributed by atoms with Crippen LogP contribution in [0, 0.1) is 0 Å². The van der Waals surface area contributed by atoms with Crippen LogP contribution >= 0.6 is 0 Å². The van der Waals surface area contributed by atoms with Crippen LogP contribution in [0.1, 0.15) is 38.5 Å². The lowest BCUT2D eigenvalue weighted by Gasteiger charge is -2.25. The highest BCUT2D eigenvalue weighted by Gasteiger charge is 2.29. The average Bonchev–Trinajstić information content (AvgIpc) is 2.74. The maximum absolute atomic E-state index is 12.6. The number of rotatable bonds is 5. The quantitative estimate of drug-likeness (QED) is 0.830. The van der Waals surface area contributed by atoms with E-state index in [0.29, 0.717) is 6.54 Å². The van der Waals surface area contributed by atoms with Crippen LogP contribution in [0.4, 0.5) is 0 Å². The molecule has 1 aliphatic rings. The molecule has 6 nitrogen and oxygen atoms in total. The summed E-state index contributed by atoms with van der Waals surface area (Å²) in [5.41, 5.74) is 0. The van der Waals surface area contributed by atoms with Crippen molar-refractivity contribution >= 4 is 10.0 Å². The summed E-state index contributed by atoms with van der Waals surface area (Å²) >= 11 is 0. The lowest BCUT2D eigenvalue weighted by molar-refractivity contribution is 0.269. The summed E-state index contributed by atoms with van der Waals surface area (Å²) in [6, 6.07) is 0.0868. The SMILES string of the molecule is CN(C1CCCCCC1)S(=O)(=O)c1cnn(CCO)c1. The second-order valence-corrected chi connectivity index (χ2v) is 7.33. The molecule has 0 saturated heterocycles. The van der Waals surface area contributed by atoms with Crippen molar-refractivity contribution in [2.45, 2.75) is 56.0 Å². The first kappa shape index (κ1) is 15.5. The fourth-order valence-corrected chi connectivity index (χ4v) is 4.06. The van der Waals surface area contributed by atoms with E-state index in [1.165, 1.54) is 34.2 Å². The molecule has 1 heterocycles. The van der Waals surface area contributed by atoms with Crippen LogP contribution in [0.5, 0.6) is 0 Å². The Kier molecular flexibility index (Phi) is 5.17. The van der Waals surface area contributed by atoms with Gasteiger partial charge in [0.25, 0.3) is 0 Å². The molecule has 114 valence electrons. The van der Waals surface area contributed by atoms with Gasteiger partial charge in [0.15, 0.2) is 0 Å². The van der Waals surface area contributed by atoms with Gasteiger partial charge < -0.3 is 5.11 Å². The highest BCUT2D eigenvalue weighted by molar-refractivity contribution is 7.89. The van der Waals surface area contributed by atoms with Gasteiger partial charge in [-0.05, 0) is 12.8 Å². The Labute approximate surface area is 120 Å². The number of hydrogen-bond acceptors (Lipinski definition) is 4. The van der Waals surface area contributed by atoms with Gasteiger partial charge in [-0.25, -0.2) is 8.42 Å². The Morgan fingerprint density at radius 3 is 2.60 bits per heavy atom. The molecule has 0 spiro atoms. The Bertz CT molecular complexity index is 519. The predicted octanol–water partition coefficient (Wildman–Crippen LogP) is 1.22. The van der Waals surface area contributed by atoms with E-state index >= 15 is 0 Å². The van der Waals surface area contributed by atoms with Crippen molar-refractivity contribution in [3.63, 3.8) is 0 Å². The molecule has 0 aromatic carbocycles. The molecule has 0 amide bonds. The molecule has 1 saturated carbocycles. The third-order valence-electron chi connectivity index (χ3n) is 3.95. The summed E-state index contributed by atoms with van der Waals surface area (Å²) in [5.74, 6) is 0. The van der Waals surface area contributed by atoms with Gasteiger partial charge in [0.05, 0.1) is 19.3 Å². The summed E-state index contributed by atoms with van der Waals surface area (Å²) in [5, 5.41) is 12.8. The van der Waals surface area contributed by atoms with E-state index in [2.05, 4.69) is 5.10 Å². The molecule has 1 aromatic rings. The van der Waals surface area contributed by atoms with E-state index in [1.54, 1.807) is 7.05 Å². The van der Waals surface area contributed by atoms with Gasteiger partial charge in [-0.1, -0.05) is 25.7 Å². The van der Waals surface area contributed by atoms with Gasteiger partial charge in [0.1, 0.15) is 4.90 Å². The highest BCUT2D eigenvalue weighted by atomic mass is 32.2. The van der Waals surface area contributed by atoms with E-state index in [9.17, 15) is 8.42 Å². The molecule has 0 atom stereocenters. The molecule has 0 bridgehead atoms. The topological polar surface area (TPSA) is 75.4 Å². The summed E-state index contributed by atoms with van der Waals surface area (Å²) < 4.78 is 28.1. The zero-order chi connectivity index (χ0) is 14.6. The lowest BCUT2D eigenvalue weighted by atomic mass is 10.1. The molecule has 20 heavy (non-hydrogen) atoms. The van der Waals surface area contributed by atoms with Crippen LogP contribution in [-0.2, 0) is 16.6 Å². The van der Waals surface area contributed by atoms with E-state index < -0.39 is 10.0 Å². The second kappa shape index (κ2) is 6.69. The molecule has 0 radical (unpaired) electrons. The minimum atomic E-state index is -3.48. The zero-order valence-corrected chi connectivity index (χ0v) is 12.7. The first-order valence-electron chi connectivity index (χ1n) is 7.17. The number of nitrogens with zero attached hydrogens (tertiary/aromatic N) is 3. The normalized spacial score (nSPS) is 18.4. The van der Waals surface area contributed by atoms with Crippen LogP contribution in [0.15, 0.2) is 17.3 Å². The first-order chi connectivity index (χ1) is 9.55. The molecule has 1 aromatic heterocycles. The number of hydrogen-bond donors (Lipinski definition) is 1. The van der Waals surface area contributed by atoms with Gasteiger partial charge in [-0.3, -0.25) is 4.68 Å². The Balaban J connectivity index is 2.14. The number of aromatic nitrogens is 2. The summed E-state index contributed by atoms with van der Waals surface area (Å²) in [7, 11) is -1.82.